The number of para-hydroxylation sites is 5. The van der Waals surface area contributed by atoms with Gasteiger partial charge < -0.3 is 19.2 Å². The van der Waals surface area contributed by atoms with Crippen molar-refractivity contribution in [1.29, 1.82) is 0 Å². The van der Waals surface area contributed by atoms with Crippen LogP contribution >= 0.6 is 0 Å². The van der Waals surface area contributed by atoms with Crippen LogP contribution in [-0.2, 0) is 11.8 Å². The summed E-state index contributed by atoms with van der Waals surface area (Å²) in [6.07, 6.45) is 9.05. The molecule has 15 rings (SSSR count). The van der Waals surface area contributed by atoms with Crippen molar-refractivity contribution in [2.75, 3.05) is 0 Å². The highest BCUT2D eigenvalue weighted by molar-refractivity contribution is 6.13. The molecular formula is C66H45N3O. The number of ether oxygens (including phenoxy) is 1. The molecule has 330 valence electrons. The first-order chi connectivity index (χ1) is 34.7. The Labute approximate surface area is 406 Å². The van der Waals surface area contributed by atoms with E-state index in [0.29, 0.717) is 0 Å². The number of benzene rings is 9. The van der Waals surface area contributed by atoms with Crippen LogP contribution in [0.4, 0.5) is 0 Å². The molecule has 5 heterocycles. The molecule has 11 aromatic rings. The predicted octanol–water partition coefficient (Wildman–Crippen LogP) is 15.8. The van der Waals surface area contributed by atoms with E-state index < -0.39 is 5.41 Å². The van der Waals surface area contributed by atoms with Gasteiger partial charge in [0.25, 0.3) is 0 Å². The number of rotatable bonds is 5. The fraction of sp³-hybridized carbons (Fsp3) is 0.0606. The molecule has 0 fully saturated rings. The van der Waals surface area contributed by atoms with Crippen LogP contribution in [0.1, 0.15) is 68.2 Å². The lowest BCUT2D eigenvalue weighted by atomic mass is 9.61. The number of nitrogens with zero attached hydrogens (tertiary/aromatic N) is 2. The van der Waals surface area contributed by atoms with Crippen LogP contribution in [0.15, 0.2) is 231 Å². The normalized spacial score (nSPS) is 16.1. The van der Waals surface area contributed by atoms with Gasteiger partial charge in [-0.3, -0.25) is 0 Å². The summed E-state index contributed by atoms with van der Waals surface area (Å²) in [7, 11) is 0. The Morgan fingerprint density at radius 1 is 0.500 bits per heavy atom. The second-order valence-electron chi connectivity index (χ2n) is 19.1. The number of fused-ring (bicyclic) bond motifs is 14. The molecule has 1 unspecified atom stereocenters. The third-order valence-electron chi connectivity index (χ3n) is 15.5. The molecule has 0 amide bonds. The Hall–Kier alpha value is -8.86. The third-order valence-corrected chi connectivity index (χ3v) is 15.5. The van der Waals surface area contributed by atoms with E-state index >= 15 is 0 Å². The first kappa shape index (κ1) is 39.2. The maximum Gasteiger partial charge on any atom is 0.132 e. The van der Waals surface area contributed by atoms with Gasteiger partial charge in [-0.15, -0.1) is 0 Å². The summed E-state index contributed by atoms with van der Waals surface area (Å²) >= 11 is 0. The van der Waals surface area contributed by atoms with Crippen LogP contribution in [0.2, 0.25) is 0 Å². The minimum atomic E-state index is -0.643. The zero-order chi connectivity index (χ0) is 45.9. The zero-order valence-electron chi connectivity index (χ0n) is 38.3. The van der Waals surface area contributed by atoms with Crippen molar-refractivity contribution in [3.05, 3.63) is 286 Å². The van der Waals surface area contributed by atoms with Gasteiger partial charge in [-0.25, -0.2) is 0 Å². The smallest absolute Gasteiger partial charge is 0.132 e. The highest BCUT2D eigenvalue weighted by atomic mass is 16.5. The van der Waals surface area contributed by atoms with Crippen LogP contribution in [0.5, 0.6) is 11.5 Å². The average Bonchev–Trinajstić information content (AvgIpc) is 3.96. The van der Waals surface area contributed by atoms with Crippen molar-refractivity contribution >= 4 is 55.6 Å². The highest BCUT2D eigenvalue weighted by Crippen LogP contribution is 2.60. The zero-order valence-corrected chi connectivity index (χ0v) is 38.3. The van der Waals surface area contributed by atoms with Crippen molar-refractivity contribution in [1.82, 2.24) is 14.5 Å². The van der Waals surface area contributed by atoms with Crippen LogP contribution in [-0.4, -0.2) is 9.13 Å². The topological polar surface area (TPSA) is 31.1 Å². The molecule has 1 spiro atoms. The van der Waals surface area contributed by atoms with Crippen LogP contribution in [0, 0.1) is 0 Å². The first-order valence-corrected chi connectivity index (χ1v) is 24.5. The Balaban J connectivity index is 0.981. The van der Waals surface area contributed by atoms with E-state index in [2.05, 4.69) is 251 Å². The summed E-state index contributed by atoms with van der Waals surface area (Å²) in [6, 6.07) is 80.0. The summed E-state index contributed by atoms with van der Waals surface area (Å²) in [5, 5.41) is 7.81. The number of aromatic nitrogens is 2. The lowest BCUT2D eigenvalue weighted by molar-refractivity contribution is 0.434. The van der Waals surface area contributed by atoms with E-state index in [9.17, 15) is 0 Å². The van der Waals surface area contributed by atoms with E-state index in [1.165, 1.54) is 99.9 Å². The van der Waals surface area contributed by atoms with Crippen molar-refractivity contribution < 1.29 is 4.74 Å². The first-order valence-electron chi connectivity index (χ1n) is 24.5. The van der Waals surface area contributed by atoms with Gasteiger partial charge in [0, 0.05) is 55.5 Å². The maximum atomic E-state index is 6.82. The van der Waals surface area contributed by atoms with Crippen molar-refractivity contribution in [3.63, 3.8) is 0 Å². The van der Waals surface area contributed by atoms with E-state index in [1.54, 1.807) is 0 Å². The quantitative estimate of drug-likeness (QED) is 0.187. The Morgan fingerprint density at radius 3 is 1.96 bits per heavy atom. The number of nitrogens with one attached hydrogen (secondary N) is 1. The van der Waals surface area contributed by atoms with E-state index in [0.717, 1.165) is 41.2 Å². The molecule has 3 aliphatic heterocycles. The monoisotopic (exact) mass is 895 g/mol. The van der Waals surface area contributed by atoms with Crippen LogP contribution in [0.25, 0.3) is 67.0 Å². The fourth-order valence-corrected chi connectivity index (χ4v) is 12.6. The number of hydrogen-bond donors (Lipinski definition) is 1. The molecule has 4 nitrogen and oxygen atoms in total. The van der Waals surface area contributed by atoms with Crippen LogP contribution in [0.3, 0.4) is 0 Å². The molecule has 4 heteroatoms. The lowest BCUT2D eigenvalue weighted by Crippen LogP contribution is -2.37. The molecule has 2 aromatic heterocycles. The van der Waals surface area contributed by atoms with Gasteiger partial charge in [0.1, 0.15) is 11.5 Å². The minimum absolute atomic E-state index is 0.00292. The number of hydrogen-bond acceptors (Lipinski definition) is 2. The highest BCUT2D eigenvalue weighted by Gasteiger charge is 2.50. The van der Waals surface area contributed by atoms with Gasteiger partial charge in [0.15, 0.2) is 0 Å². The van der Waals surface area contributed by atoms with Gasteiger partial charge in [0.2, 0.25) is 0 Å². The van der Waals surface area contributed by atoms with E-state index in [4.69, 9.17) is 4.74 Å². The van der Waals surface area contributed by atoms with Gasteiger partial charge in [-0.05, 0) is 119 Å². The van der Waals surface area contributed by atoms with E-state index in [-0.39, 0.29) is 6.04 Å². The standard InChI is InChI=1S/C66H45N3O/c1-4-18-42(19-5-1)46-40-56(43-20-6-2-7-21-43)67-57(41-46)50-26-17-31-61-64(50)51-38-44(34-36-59(51)68(61)47-22-8-3-9-23-47)45-35-37-60-55(39-45)66(52-27-11-14-32-62(52)70-63-33-15-12-28-53(63)66)54-29-16-25-49-48-24-10-13-30-58(48)69(60)65(49)54/h1-33,35,37-41,56,67H,34,36H2. The fourth-order valence-electron chi connectivity index (χ4n) is 12.6. The molecule has 9 aromatic carbocycles. The van der Waals surface area contributed by atoms with Crippen molar-refractivity contribution in [2.45, 2.75) is 24.3 Å². The molecular weight excluding hydrogens is 851 g/mol. The molecule has 0 radical (unpaired) electrons. The summed E-state index contributed by atoms with van der Waals surface area (Å²) in [5.74, 6) is 1.79. The van der Waals surface area contributed by atoms with Gasteiger partial charge in [0.05, 0.1) is 33.7 Å². The maximum absolute atomic E-state index is 6.82. The van der Waals surface area contributed by atoms with Gasteiger partial charge in [-0.2, -0.15) is 0 Å². The Morgan fingerprint density at radius 2 is 1.16 bits per heavy atom. The van der Waals surface area contributed by atoms with Gasteiger partial charge >= 0.3 is 0 Å². The second kappa shape index (κ2) is 15.1. The molecule has 1 N–H and O–H groups in total. The molecule has 1 aliphatic carbocycles. The number of dihydropyridines is 1. The van der Waals surface area contributed by atoms with Crippen molar-refractivity contribution in [2.24, 2.45) is 0 Å². The predicted molar refractivity (Wildman–Crippen MR) is 287 cm³/mol. The molecule has 1 atom stereocenters. The molecule has 0 bridgehead atoms. The lowest BCUT2D eigenvalue weighted by Gasteiger charge is -2.45. The summed E-state index contributed by atoms with van der Waals surface area (Å²) in [4.78, 5) is 0. The second-order valence-corrected chi connectivity index (χ2v) is 19.1. The average molecular weight is 896 g/mol. The summed E-state index contributed by atoms with van der Waals surface area (Å²) in [5.41, 5.74) is 21.4. The Kier molecular flexibility index (Phi) is 8.43. The minimum Gasteiger partial charge on any atom is -0.457 e. The SMILES string of the molecule is C1=C(c2ccccc2)C=C(c2cccc3c2c2c(n3-c3ccccc3)CCC(c3ccc4c(c3)C3(c5ccccc5Oc5ccccc53)c3cccc5c6ccccc6n-4c35)=C2)NC1c1ccccc1. The molecule has 0 saturated carbocycles. The molecule has 70 heavy (non-hydrogen) atoms. The van der Waals surface area contributed by atoms with Crippen molar-refractivity contribution in [3.8, 4) is 22.9 Å². The third kappa shape index (κ3) is 5.53. The number of allylic oxidation sites excluding steroid dienone is 3. The molecule has 0 saturated heterocycles. The summed E-state index contributed by atoms with van der Waals surface area (Å²) in [6.45, 7) is 0. The van der Waals surface area contributed by atoms with Crippen LogP contribution < -0.4 is 10.1 Å². The Bertz CT molecular complexity index is 4010. The van der Waals surface area contributed by atoms with E-state index in [1.807, 2.05) is 0 Å². The molecule has 4 aliphatic rings. The largest absolute Gasteiger partial charge is 0.457 e. The van der Waals surface area contributed by atoms with Gasteiger partial charge in [-0.1, -0.05) is 170 Å². The summed E-state index contributed by atoms with van der Waals surface area (Å²) < 4.78 is 11.9.